The standard InChI is InChI=1S/C6H8O7.3C5H11NO/c7-3(8)1-6(13,5(11)12)2-4(9)10;3*7-6-4-2-1-3-5-6/h13H,1-2H2,(H,7,8)(H,9,10)(H,11,12);3*7H,1-5H2. The molecule has 3 rings (SSSR count). The molecule has 0 unspecified atom stereocenters. The van der Waals surface area contributed by atoms with Gasteiger partial charge in [0.25, 0.3) is 0 Å². The van der Waals surface area contributed by atoms with Crippen LogP contribution in [0.4, 0.5) is 0 Å². The number of rotatable bonds is 5. The molecule has 0 aliphatic carbocycles. The first kappa shape index (κ1) is 32.1. The summed E-state index contributed by atoms with van der Waals surface area (Å²) in [5, 5.41) is 67.5. The molecule has 0 aromatic heterocycles. The van der Waals surface area contributed by atoms with Crippen LogP contribution in [0.25, 0.3) is 0 Å². The predicted molar refractivity (Wildman–Crippen MR) is 108 cm³/mol. The van der Waals surface area contributed by atoms with Crippen LogP contribution >= 0.6 is 0 Å². The van der Waals surface area contributed by atoms with E-state index in [0.717, 1.165) is 39.3 Å². The Bertz CT molecular complexity index is 521. The second kappa shape index (κ2) is 18.5. The van der Waals surface area contributed by atoms with Gasteiger partial charge in [-0.05, 0) is 57.8 Å². The second-order valence-corrected chi connectivity index (χ2v) is 8.80. The molecule has 3 saturated heterocycles. The number of carbonyl (C=O) groups is 3. The van der Waals surface area contributed by atoms with Gasteiger partial charge in [-0.1, -0.05) is 0 Å². The Morgan fingerprint density at radius 1 is 0.559 bits per heavy atom. The van der Waals surface area contributed by atoms with Crippen LogP contribution in [-0.4, -0.2) is 83.5 Å². The monoisotopic (exact) mass is 495 g/mol. The van der Waals surface area contributed by atoms with Crippen molar-refractivity contribution in [3.05, 3.63) is 0 Å². The zero-order chi connectivity index (χ0) is 26.0. The molecule has 13 heteroatoms. The lowest BCUT2D eigenvalue weighted by Crippen LogP contribution is -3.10. The van der Waals surface area contributed by atoms with Gasteiger partial charge in [0.2, 0.25) is 0 Å². The fraction of sp³-hybridized carbons (Fsp3) is 0.857. The van der Waals surface area contributed by atoms with Crippen molar-refractivity contribution in [1.82, 2.24) is 0 Å². The first-order chi connectivity index (χ1) is 16.0. The van der Waals surface area contributed by atoms with Gasteiger partial charge in [-0.2, -0.15) is 15.2 Å². The van der Waals surface area contributed by atoms with Crippen molar-refractivity contribution in [3.63, 3.8) is 0 Å². The zero-order valence-electron chi connectivity index (χ0n) is 19.8. The van der Waals surface area contributed by atoms with Gasteiger partial charge in [-0.15, -0.1) is 0 Å². The van der Waals surface area contributed by atoms with Crippen molar-refractivity contribution in [2.45, 2.75) is 76.2 Å². The summed E-state index contributed by atoms with van der Waals surface area (Å²) in [4.78, 5) is 30.0. The summed E-state index contributed by atoms with van der Waals surface area (Å²) >= 11 is 0. The fourth-order valence-electron chi connectivity index (χ4n) is 3.56. The van der Waals surface area contributed by atoms with Crippen LogP contribution < -0.4 is 30.5 Å². The molecule has 0 saturated carbocycles. The summed E-state index contributed by atoms with van der Waals surface area (Å²) in [7, 11) is 0. The molecule has 0 aromatic carbocycles. The molecule has 7 N–H and O–H groups in total. The molecule has 3 heterocycles. The molecule has 0 spiro atoms. The van der Waals surface area contributed by atoms with Crippen molar-refractivity contribution in [3.8, 4) is 0 Å². The molecule has 0 amide bonds. The number of aliphatic carboxylic acids is 3. The second-order valence-electron chi connectivity index (χ2n) is 8.80. The zero-order valence-corrected chi connectivity index (χ0v) is 19.8. The minimum atomic E-state index is -2.97. The number of hydroxylamine groups is 6. The number of nitrogens with one attached hydrogen (secondary N) is 3. The first-order valence-corrected chi connectivity index (χ1v) is 11.9. The maximum absolute atomic E-state index is 10.1. The number of hydrogen-bond donors (Lipinski definition) is 7. The number of quaternary nitrogens is 3. The van der Waals surface area contributed by atoms with Crippen molar-refractivity contribution in [1.29, 1.82) is 0 Å². The molecular weight excluding hydrogens is 454 g/mol. The van der Waals surface area contributed by atoms with Gasteiger partial charge in [-0.3, -0.25) is 0 Å². The van der Waals surface area contributed by atoms with Crippen LogP contribution in [0.5, 0.6) is 0 Å². The van der Waals surface area contributed by atoms with Crippen LogP contribution in [0.3, 0.4) is 0 Å². The summed E-state index contributed by atoms with van der Waals surface area (Å²) in [5.74, 6) is -5.98. The van der Waals surface area contributed by atoms with E-state index in [1.54, 1.807) is 0 Å². The summed E-state index contributed by atoms with van der Waals surface area (Å²) in [5.41, 5.74) is -2.97. The van der Waals surface area contributed by atoms with Gasteiger partial charge < -0.3 is 34.8 Å². The number of carboxylic acid groups (broad SMARTS) is 3. The van der Waals surface area contributed by atoms with E-state index in [2.05, 4.69) is 0 Å². The SMILES string of the molecule is O=C([O-])CC(O)(CC(=O)[O-])C(=O)[O-].O[NH+]1CCCCC1.O[NH+]1CCCCC1.O[NH+]1CCCCC1. The highest BCUT2D eigenvalue weighted by Gasteiger charge is 2.29. The Hall–Kier alpha value is -1.87. The van der Waals surface area contributed by atoms with Gasteiger partial charge in [0.1, 0.15) is 44.9 Å². The van der Waals surface area contributed by atoms with E-state index in [9.17, 15) is 29.7 Å². The van der Waals surface area contributed by atoms with Gasteiger partial charge >= 0.3 is 0 Å². The van der Waals surface area contributed by atoms with Crippen LogP contribution in [0.15, 0.2) is 0 Å². The van der Waals surface area contributed by atoms with Gasteiger partial charge in [0.15, 0.2) is 0 Å². The van der Waals surface area contributed by atoms with Crippen LogP contribution in [0, 0.1) is 0 Å². The average Bonchev–Trinajstić information content (AvgIpc) is 2.75. The van der Waals surface area contributed by atoms with Gasteiger partial charge in [0.05, 0.1) is 5.97 Å². The van der Waals surface area contributed by atoms with Crippen molar-refractivity contribution in [2.75, 3.05) is 39.3 Å². The first-order valence-electron chi connectivity index (χ1n) is 11.9. The van der Waals surface area contributed by atoms with Crippen LogP contribution in [-0.2, 0) is 14.4 Å². The van der Waals surface area contributed by atoms with E-state index in [4.69, 9.17) is 20.7 Å². The van der Waals surface area contributed by atoms with Crippen LogP contribution in [0.1, 0.15) is 70.6 Å². The predicted octanol–water partition coefficient (Wildman–Crippen LogP) is -6.92. The third-order valence-corrected chi connectivity index (χ3v) is 5.55. The van der Waals surface area contributed by atoms with E-state index in [1.807, 2.05) is 0 Å². The Labute approximate surface area is 199 Å². The molecule has 3 fully saturated rings. The molecule has 13 nitrogen and oxygen atoms in total. The molecular formula is C21H41N3O10. The normalized spacial score (nSPS) is 19.8. The highest BCUT2D eigenvalue weighted by atomic mass is 16.5. The molecule has 3 aliphatic heterocycles. The third-order valence-electron chi connectivity index (χ3n) is 5.55. The van der Waals surface area contributed by atoms with E-state index in [-0.39, 0.29) is 0 Å². The summed E-state index contributed by atoms with van der Waals surface area (Å²) in [6, 6.07) is 0. The lowest BCUT2D eigenvalue weighted by molar-refractivity contribution is -1.09. The number of aliphatic hydroxyl groups is 1. The molecule has 3 aliphatic rings. The van der Waals surface area contributed by atoms with E-state index in [1.165, 1.54) is 57.8 Å². The van der Waals surface area contributed by atoms with Gasteiger partial charge in [-0.25, -0.2) is 15.6 Å². The number of hydrogen-bond acceptors (Lipinski definition) is 10. The van der Waals surface area contributed by atoms with Gasteiger partial charge in [0, 0.05) is 24.8 Å². The van der Waals surface area contributed by atoms with E-state index >= 15 is 0 Å². The molecule has 0 atom stereocenters. The highest BCUT2D eigenvalue weighted by Crippen LogP contribution is 2.13. The minimum Gasteiger partial charge on any atom is -0.550 e. The van der Waals surface area contributed by atoms with Crippen molar-refractivity contribution in [2.24, 2.45) is 0 Å². The third kappa shape index (κ3) is 17.6. The smallest absolute Gasteiger partial charge is 0.114 e. The Balaban J connectivity index is 0.000000445. The maximum Gasteiger partial charge on any atom is 0.114 e. The quantitative estimate of drug-likeness (QED) is 0.191. The molecule has 200 valence electrons. The van der Waals surface area contributed by atoms with Crippen LogP contribution in [0.2, 0.25) is 0 Å². The molecule has 0 aromatic rings. The lowest BCUT2D eigenvalue weighted by Gasteiger charge is -2.29. The van der Waals surface area contributed by atoms with E-state index in [0.29, 0.717) is 15.2 Å². The molecule has 0 bridgehead atoms. The highest BCUT2D eigenvalue weighted by molar-refractivity contribution is 5.86. The number of carboxylic acids is 3. The topological polar surface area (TPSA) is 215 Å². The van der Waals surface area contributed by atoms with Crippen molar-refractivity contribution < 1.29 is 65.6 Å². The Morgan fingerprint density at radius 3 is 0.912 bits per heavy atom. The molecule has 0 radical (unpaired) electrons. The summed E-state index contributed by atoms with van der Waals surface area (Å²) < 4.78 is 0. The maximum atomic E-state index is 10.1. The number of carbonyl (C=O) groups excluding carboxylic acids is 3. The van der Waals surface area contributed by atoms with Crippen molar-refractivity contribution >= 4 is 17.9 Å². The summed E-state index contributed by atoms with van der Waals surface area (Å²) in [6.07, 6.45) is 8.41. The minimum absolute atomic E-state index is 0.714. The Kier molecular flexibility index (Phi) is 17.4. The largest absolute Gasteiger partial charge is 0.550 e. The fourth-order valence-corrected chi connectivity index (χ4v) is 3.56. The number of piperidine rings is 3. The summed E-state index contributed by atoms with van der Waals surface area (Å²) in [6.45, 7) is 5.75. The molecule has 34 heavy (non-hydrogen) atoms. The Morgan fingerprint density at radius 2 is 0.794 bits per heavy atom. The average molecular weight is 496 g/mol. The lowest BCUT2D eigenvalue weighted by atomic mass is 9.96. The van der Waals surface area contributed by atoms with E-state index < -0.39 is 36.4 Å².